The van der Waals surface area contributed by atoms with Crippen LogP contribution in [0.5, 0.6) is 0 Å². The lowest BCUT2D eigenvalue weighted by Gasteiger charge is -2.27. The van der Waals surface area contributed by atoms with E-state index in [1.165, 1.54) is 20.2 Å². The minimum absolute atomic E-state index is 0.0450. The summed E-state index contributed by atoms with van der Waals surface area (Å²) in [7, 11) is 0. The standard InChI is InChI=1S/C39H61N11O6S/c1-22(2)13-29(19-42-27(16-40)11-12-57)48-38(55)33(15-28-18-41-21-45-28)49-34(52)20-44-39(56)35(23(3)4)50-36(53)24(5)46-37(54)32(47-25(6)51)14-26-17-43-31-10-8-7-9-30(26)31/h7-10,17-18,21-24,27,29,32-33,35,42-43,57H,11-16,19-20,40H2,1-6H3,(H,41,45)(H,44,56)(H,46,54)(H,47,51)(H,48,55)(H,49,52)(H,50,53)/t24-,27-,29-,32-,33-,35-/m0/s1. The molecule has 0 aliphatic carbocycles. The number of aromatic amines is 2. The molecule has 0 aliphatic rings. The fourth-order valence-electron chi connectivity index (χ4n) is 6.35. The number of amides is 6. The van der Waals surface area contributed by atoms with E-state index in [0.717, 1.165) is 22.9 Å². The molecule has 2 aromatic heterocycles. The summed E-state index contributed by atoms with van der Waals surface area (Å²) in [6.45, 7) is 10.8. The third-order valence-corrected chi connectivity index (χ3v) is 9.62. The van der Waals surface area contributed by atoms with Crippen molar-refractivity contribution in [2.24, 2.45) is 17.6 Å². The molecule has 1 aromatic carbocycles. The molecule has 18 heteroatoms. The molecular formula is C39H61N11O6S. The van der Waals surface area contributed by atoms with Crippen molar-refractivity contribution in [2.45, 2.75) is 103 Å². The van der Waals surface area contributed by atoms with Crippen molar-refractivity contribution in [1.29, 1.82) is 0 Å². The molecule has 2 heterocycles. The summed E-state index contributed by atoms with van der Waals surface area (Å²) in [5.41, 5.74) is 8.22. The maximum absolute atomic E-state index is 13.6. The van der Waals surface area contributed by atoms with Crippen molar-refractivity contribution in [3.8, 4) is 0 Å². The number of rotatable bonds is 24. The van der Waals surface area contributed by atoms with Gasteiger partial charge in [0.2, 0.25) is 35.4 Å². The van der Waals surface area contributed by atoms with E-state index in [-0.39, 0.29) is 30.8 Å². The highest BCUT2D eigenvalue weighted by atomic mass is 32.1. The van der Waals surface area contributed by atoms with Crippen LogP contribution in [0.2, 0.25) is 0 Å². The number of carbonyl (C=O) groups is 6. The number of para-hydroxylation sites is 1. The van der Waals surface area contributed by atoms with Gasteiger partial charge in [-0.15, -0.1) is 0 Å². The Kier molecular flexibility index (Phi) is 19.0. The van der Waals surface area contributed by atoms with Gasteiger partial charge in [0.15, 0.2) is 0 Å². The van der Waals surface area contributed by atoms with Gasteiger partial charge in [0, 0.05) is 73.9 Å². The maximum Gasteiger partial charge on any atom is 0.243 e. The Morgan fingerprint density at radius 3 is 2.16 bits per heavy atom. The second-order valence-corrected chi connectivity index (χ2v) is 15.5. The van der Waals surface area contributed by atoms with Crippen LogP contribution >= 0.6 is 12.6 Å². The van der Waals surface area contributed by atoms with Crippen LogP contribution in [0.25, 0.3) is 10.9 Å². The average molecular weight is 812 g/mol. The molecular weight excluding hydrogens is 751 g/mol. The number of carbonyl (C=O) groups excluding carboxylic acids is 6. The van der Waals surface area contributed by atoms with E-state index in [0.29, 0.717) is 31.0 Å². The first-order valence-corrected chi connectivity index (χ1v) is 20.1. The number of nitrogens with two attached hydrogens (primary N) is 1. The molecule has 314 valence electrons. The number of H-pyrrole nitrogens is 2. The Labute approximate surface area is 339 Å². The summed E-state index contributed by atoms with van der Waals surface area (Å²) in [6, 6.07) is 3.28. The SMILES string of the molecule is CC(=O)N[C@@H](Cc1c[nH]c2ccccc12)C(=O)N[C@@H](C)C(=O)N[C@H](C(=O)NCC(=O)N[C@@H](Cc1cnc[nH]1)C(=O)N[C@H](CN[C@H](CN)CCS)CC(C)C)C(C)C. The fourth-order valence-corrected chi connectivity index (χ4v) is 6.66. The molecule has 6 amide bonds. The van der Waals surface area contributed by atoms with Crippen molar-refractivity contribution < 1.29 is 28.8 Å². The summed E-state index contributed by atoms with van der Waals surface area (Å²) in [5, 5.41) is 20.7. The van der Waals surface area contributed by atoms with E-state index < -0.39 is 72.1 Å². The Morgan fingerprint density at radius 2 is 1.53 bits per heavy atom. The maximum atomic E-state index is 13.6. The highest BCUT2D eigenvalue weighted by Gasteiger charge is 2.30. The molecule has 17 nitrogen and oxygen atoms in total. The topological polar surface area (TPSA) is 257 Å². The zero-order valence-electron chi connectivity index (χ0n) is 33.7. The van der Waals surface area contributed by atoms with Gasteiger partial charge in [-0.05, 0) is 49.0 Å². The van der Waals surface area contributed by atoms with Gasteiger partial charge in [-0.3, -0.25) is 28.8 Å². The number of aromatic nitrogens is 3. The molecule has 3 aromatic rings. The van der Waals surface area contributed by atoms with Crippen LogP contribution in [0, 0.1) is 11.8 Å². The van der Waals surface area contributed by atoms with Crippen molar-refractivity contribution in [3.05, 3.63) is 54.2 Å². The van der Waals surface area contributed by atoms with E-state index in [2.05, 4.69) is 78.6 Å². The first-order valence-electron chi connectivity index (χ1n) is 19.4. The number of fused-ring (bicyclic) bond motifs is 1. The summed E-state index contributed by atoms with van der Waals surface area (Å²) < 4.78 is 0. The Balaban J connectivity index is 1.61. The van der Waals surface area contributed by atoms with Crippen LogP contribution in [0.1, 0.15) is 65.6 Å². The minimum atomic E-state index is -1.07. The number of hydrogen-bond donors (Lipinski definition) is 11. The van der Waals surface area contributed by atoms with Crippen LogP contribution in [0.3, 0.4) is 0 Å². The van der Waals surface area contributed by atoms with Gasteiger partial charge in [0.1, 0.15) is 24.2 Å². The first-order chi connectivity index (χ1) is 27.1. The van der Waals surface area contributed by atoms with Crippen molar-refractivity contribution in [1.82, 2.24) is 52.2 Å². The molecule has 0 aliphatic heterocycles. The quantitative estimate of drug-likeness (QED) is 0.0552. The van der Waals surface area contributed by atoms with Gasteiger partial charge < -0.3 is 52.9 Å². The van der Waals surface area contributed by atoms with E-state index in [9.17, 15) is 28.8 Å². The number of benzene rings is 1. The smallest absolute Gasteiger partial charge is 0.243 e. The van der Waals surface area contributed by atoms with Gasteiger partial charge in [0.05, 0.1) is 12.9 Å². The predicted octanol–water partition coefficient (Wildman–Crippen LogP) is 0.195. The molecule has 0 radical (unpaired) electrons. The summed E-state index contributed by atoms with van der Waals surface area (Å²) in [4.78, 5) is 89.0. The van der Waals surface area contributed by atoms with Gasteiger partial charge in [-0.2, -0.15) is 12.6 Å². The molecule has 0 saturated heterocycles. The van der Waals surface area contributed by atoms with Crippen molar-refractivity contribution >= 4 is 59.0 Å². The van der Waals surface area contributed by atoms with E-state index in [1.54, 1.807) is 26.2 Å². The fraction of sp³-hybridized carbons (Fsp3) is 0.564. The number of nitrogens with one attached hydrogen (secondary N) is 9. The lowest BCUT2D eigenvalue weighted by Crippen LogP contribution is -2.58. The van der Waals surface area contributed by atoms with Gasteiger partial charge >= 0.3 is 0 Å². The van der Waals surface area contributed by atoms with E-state index >= 15 is 0 Å². The zero-order valence-corrected chi connectivity index (χ0v) is 34.6. The third kappa shape index (κ3) is 15.5. The van der Waals surface area contributed by atoms with Crippen LogP contribution in [0.4, 0.5) is 0 Å². The van der Waals surface area contributed by atoms with Crippen LogP contribution < -0.4 is 43.0 Å². The zero-order chi connectivity index (χ0) is 42.1. The Hall–Kier alpha value is -4.94. The molecule has 3 rings (SSSR count). The van der Waals surface area contributed by atoms with Crippen molar-refractivity contribution in [3.63, 3.8) is 0 Å². The highest BCUT2D eigenvalue weighted by Crippen LogP contribution is 2.19. The van der Waals surface area contributed by atoms with E-state index in [1.807, 2.05) is 24.3 Å². The second kappa shape index (κ2) is 23.3. The van der Waals surface area contributed by atoms with Gasteiger partial charge in [0.25, 0.3) is 0 Å². The largest absolute Gasteiger partial charge is 0.361 e. The molecule has 11 N–H and O–H groups in total. The molecule has 0 spiro atoms. The number of hydrogen-bond acceptors (Lipinski definition) is 10. The first kappa shape index (κ1) is 46.4. The monoisotopic (exact) mass is 811 g/mol. The third-order valence-electron chi connectivity index (χ3n) is 9.36. The number of imidazole rings is 1. The van der Waals surface area contributed by atoms with Gasteiger partial charge in [-0.25, -0.2) is 4.98 Å². The van der Waals surface area contributed by atoms with Crippen LogP contribution in [-0.2, 0) is 41.6 Å². The van der Waals surface area contributed by atoms with Crippen molar-refractivity contribution in [2.75, 3.05) is 25.4 Å². The minimum Gasteiger partial charge on any atom is -0.361 e. The lowest BCUT2D eigenvalue weighted by atomic mass is 10.0. The molecule has 57 heavy (non-hydrogen) atoms. The molecule has 0 bridgehead atoms. The molecule has 0 saturated carbocycles. The Morgan fingerprint density at radius 1 is 0.825 bits per heavy atom. The molecule has 0 unspecified atom stereocenters. The molecule has 6 atom stereocenters. The lowest BCUT2D eigenvalue weighted by molar-refractivity contribution is -0.134. The summed E-state index contributed by atoms with van der Waals surface area (Å²) >= 11 is 4.30. The number of thiol groups is 1. The van der Waals surface area contributed by atoms with Crippen LogP contribution in [0.15, 0.2) is 43.0 Å². The van der Waals surface area contributed by atoms with E-state index in [4.69, 9.17) is 5.73 Å². The second-order valence-electron chi connectivity index (χ2n) is 15.1. The van der Waals surface area contributed by atoms with Crippen LogP contribution in [-0.4, -0.2) is 112 Å². The average Bonchev–Trinajstić information content (AvgIpc) is 3.83. The summed E-state index contributed by atoms with van der Waals surface area (Å²) in [6.07, 6.45) is 6.57. The molecule has 0 fully saturated rings. The normalized spacial score (nSPS) is 14.6. The number of nitrogens with zero attached hydrogens (tertiary/aromatic N) is 1. The predicted molar refractivity (Wildman–Crippen MR) is 222 cm³/mol. The highest BCUT2D eigenvalue weighted by molar-refractivity contribution is 7.80. The summed E-state index contributed by atoms with van der Waals surface area (Å²) in [5.74, 6) is -2.73. The Bertz CT molecular complexity index is 1770. The van der Waals surface area contributed by atoms with Gasteiger partial charge in [-0.1, -0.05) is 45.9 Å².